The predicted octanol–water partition coefficient (Wildman–Crippen LogP) is 4.84. The maximum atomic E-state index is 5.95. The van der Waals surface area contributed by atoms with Crippen LogP contribution in [0.1, 0.15) is 24.0 Å². The van der Waals surface area contributed by atoms with Gasteiger partial charge in [-0.1, -0.05) is 54.1 Å². The lowest BCUT2D eigenvalue weighted by atomic mass is 9.91. The van der Waals surface area contributed by atoms with Crippen molar-refractivity contribution in [3.8, 4) is 0 Å². The number of nitrogens with zero attached hydrogens (tertiary/aromatic N) is 1. The summed E-state index contributed by atoms with van der Waals surface area (Å²) in [6, 6.07) is 19.2. The standard InChI is InChI=1S/C20H24ClN/c21-20-10-8-17(9-11-20)12-14-22-13-4-7-19(16-22)15-18-5-2-1-3-6-18/h1-3,5-6,8-11,19H,4,7,12-16H2. The number of benzene rings is 2. The van der Waals surface area contributed by atoms with Gasteiger partial charge in [0.05, 0.1) is 0 Å². The summed E-state index contributed by atoms with van der Waals surface area (Å²) in [6.07, 6.45) is 5.04. The van der Waals surface area contributed by atoms with Crippen LogP contribution in [0.5, 0.6) is 0 Å². The molecule has 22 heavy (non-hydrogen) atoms. The lowest BCUT2D eigenvalue weighted by Gasteiger charge is -2.33. The Labute approximate surface area is 138 Å². The number of hydrogen-bond donors (Lipinski definition) is 0. The molecule has 2 aromatic carbocycles. The molecule has 0 spiro atoms. The summed E-state index contributed by atoms with van der Waals surface area (Å²) in [5, 5.41) is 0.824. The minimum atomic E-state index is 0.807. The quantitative estimate of drug-likeness (QED) is 0.763. The van der Waals surface area contributed by atoms with E-state index in [1.54, 1.807) is 0 Å². The normalized spacial score (nSPS) is 19.2. The van der Waals surface area contributed by atoms with E-state index < -0.39 is 0 Å². The van der Waals surface area contributed by atoms with Gasteiger partial charge in [-0.05, 0) is 61.4 Å². The smallest absolute Gasteiger partial charge is 0.0406 e. The van der Waals surface area contributed by atoms with Crippen molar-refractivity contribution in [2.75, 3.05) is 19.6 Å². The van der Waals surface area contributed by atoms with Crippen molar-refractivity contribution in [3.05, 3.63) is 70.7 Å². The molecule has 0 saturated carbocycles. The zero-order valence-corrected chi connectivity index (χ0v) is 13.8. The first-order valence-electron chi connectivity index (χ1n) is 8.30. The second-order valence-corrected chi connectivity index (χ2v) is 6.81. The first kappa shape index (κ1) is 15.6. The van der Waals surface area contributed by atoms with Crippen LogP contribution in [0, 0.1) is 5.92 Å². The van der Waals surface area contributed by atoms with E-state index in [2.05, 4.69) is 47.4 Å². The Bertz CT molecular complexity index is 564. The number of rotatable bonds is 5. The molecule has 0 aliphatic carbocycles. The molecule has 1 nitrogen and oxygen atoms in total. The van der Waals surface area contributed by atoms with Crippen LogP contribution in [0.4, 0.5) is 0 Å². The van der Waals surface area contributed by atoms with Gasteiger partial charge < -0.3 is 4.90 Å². The third kappa shape index (κ3) is 4.59. The van der Waals surface area contributed by atoms with Gasteiger partial charge in [-0.15, -0.1) is 0 Å². The molecule has 0 aromatic heterocycles. The molecular weight excluding hydrogens is 290 g/mol. The van der Waals surface area contributed by atoms with Gasteiger partial charge in [0.25, 0.3) is 0 Å². The van der Waals surface area contributed by atoms with Crippen LogP contribution in [-0.2, 0) is 12.8 Å². The highest BCUT2D eigenvalue weighted by Crippen LogP contribution is 2.21. The van der Waals surface area contributed by atoms with Crippen LogP contribution in [0.3, 0.4) is 0 Å². The molecule has 1 unspecified atom stereocenters. The minimum absolute atomic E-state index is 0.807. The molecule has 1 saturated heterocycles. The molecule has 3 rings (SSSR count). The summed E-state index contributed by atoms with van der Waals surface area (Å²) in [5.41, 5.74) is 2.86. The third-order valence-corrected chi connectivity index (χ3v) is 4.85. The van der Waals surface area contributed by atoms with Crippen molar-refractivity contribution in [2.24, 2.45) is 5.92 Å². The minimum Gasteiger partial charge on any atom is -0.303 e. The Hall–Kier alpha value is -1.31. The molecule has 1 heterocycles. The van der Waals surface area contributed by atoms with Gasteiger partial charge >= 0.3 is 0 Å². The second kappa shape index (κ2) is 7.80. The fraction of sp³-hybridized carbons (Fsp3) is 0.400. The molecular formula is C20H24ClN. The zero-order valence-electron chi connectivity index (χ0n) is 13.0. The van der Waals surface area contributed by atoms with E-state index in [0.717, 1.165) is 23.9 Å². The summed E-state index contributed by atoms with van der Waals surface area (Å²) in [5.74, 6) is 0.807. The molecule has 1 aliphatic rings. The number of likely N-dealkylation sites (tertiary alicyclic amines) is 1. The van der Waals surface area contributed by atoms with Gasteiger partial charge in [-0.25, -0.2) is 0 Å². The second-order valence-electron chi connectivity index (χ2n) is 6.38. The van der Waals surface area contributed by atoms with Crippen LogP contribution < -0.4 is 0 Å². The molecule has 0 radical (unpaired) electrons. The van der Waals surface area contributed by atoms with Crippen molar-refractivity contribution >= 4 is 11.6 Å². The average Bonchev–Trinajstić information content (AvgIpc) is 2.56. The molecule has 1 fully saturated rings. The van der Waals surface area contributed by atoms with Gasteiger partial charge in [0.15, 0.2) is 0 Å². The molecule has 1 atom stereocenters. The first-order chi connectivity index (χ1) is 10.8. The average molecular weight is 314 g/mol. The highest BCUT2D eigenvalue weighted by Gasteiger charge is 2.19. The van der Waals surface area contributed by atoms with Gasteiger partial charge in [-0.3, -0.25) is 0 Å². The molecule has 0 bridgehead atoms. The van der Waals surface area contributed by atoms with E-state index in [-0.39, 0.29) is 0 Å². The highest BCUT2D eigenvalue weighted by molar-refractivity contribution is 6.30. The SMILES string of the molecule is Clc1ccc(CCN2CCCC(Cc3ccccc3)C2)cc1. The fourth-order valence-electron chi connectivity index (χ4n) is 3.41. The lowest BCUT2D eigenvalue weighted by molar-refractivity contribution is 0.176. The van der Waals surface area contributed by atoms with E-state index in [4.69, 9.17) is 11.6 Å². The van der Waals surface area contributed by atoms with Crippen LogP contribution in [-0.4, -0.2) is 24.5 Å². The molecule has 0 N–H and O–H groups in total. The van der Waals surface area contributed by atoms with Crippen molar-refractivity contribution in [2.45, 2.75) is 25.7 Å². The van der Waals surface area contributed by atoms with E-state index in [1.807, 2.05) is 12.1 Å². The summed E-state index contributed by atoms with van der Waals surface area (Å²) in [7, 11) is 0. The summed E-state index contributed by atoms with van der Waals surface area (Å²) in [4.78, 5) is 2.63. The van der Waals surface area contributed by atoms with Crippen LogP contribution in [0.25, 0.3) is 0 Å². The van der Waals surface area contributed by atoms with E-state index >= 15 is 0 Å². The van der Waals surface area contributed by atoms with Crippen molar-refractivity contribution < 1.29 is 0 Å². The Morgan fingerprint density at radius 1 is 0.955 bits per heavy atom. The van der Waals surface area contributed by atoms with Gasteiger partial charge in [-0.2, -0.15) is 0 Å². The van der Waals surface area contributed by atoms with Crippen LogP contribution in [0.2, 0.25) is 5.02 Å². The number of halogens is 1. The monoisotopic (exact) mass is 313 g/mol. The molecule has 0 amide bonds. The van der Waals surface area contributed by atoms with Gasteiger partial charge in [0.2, 0.25) is 0 Å². The summed E-state index contributed by atoms with van der Waals surface area (Å²) < 4.78 is 0. The number of piperidine rings is 1. The number of hydrogen-bond acceptors (Lipinski definition) is 1. The van der Waals surface area contributed by atoms with Crippen LogP contribution >= 0.6 is 11.6 Å². The van der Waals surface area contributed by atoms with Gasteiger partial charge in [0.1, 0.15) is 0 Å². The maximum absolute atomic E-state index is 5.95. The Balaban J connectivity index is 1.49. The Morgan fingerprint density at radius 3 is 2.50 bits per heavy atom. The maximum Gasteiger partial charge on any atom is 0.0406 e. The lowest BCUT2D eigenvalue weighted by Crippen LogP contribution is -2.37. The van der Waals surface area contributed by atoms with Crippen LogP contribution in [0.15, 0.2) is 54.6 Å². The summed E-state index contributed by atoms with van der Waals surface area (Å²) in [6.45, 7) is 3.65. The van der Waals surface area contributed by atoms with Gasteiger partial charge in [0, 0.05) is 18.1 Å². The fourth-order valence-corrected chi connectivity index (χ4v) is 3.53. The first-order valence-corrected chi connectivity index (χ1v) is 8.68. The van der Waals surface area contributed by atoms with Crippen molar-refractivity contribution in [1.82, 2.24) is 4.90 Å². The molecule has 2 heteroatoms. The molecule has 2 aromatic rings. The Morgan fingerprint density at radius 2 is 1.73 bits per heavy atom. The zero-order chi connectivity index (χ0) is 15.2. The Kier molecular flexibility index (Phi) is 5.53. The third-order valence-electron chi connectivity index (χ3n) is 4.60. The highest BCUT2D eigenvalue weighted by atomic mass is 35.5. The molecule has 116 valence electrons. The summed E-state index contributed by atoms with van der Waals surface area (Å²) >= 11 is 5.95. The topological polar surface area (TPSA) is 3.24 Å². The predicted molar refractivity (Wildman–Crippen MR) is 94.5 cm³/mol. The largest absolute Gasteiger partial charge is 0.303 e. The van der Waals surface area contributed by atoms with E-state index in [9.17, 15) is 0 Å². The van der Waals surface area contributed by atoms with Crippen molar-refractivity contribution in [1.29, 1.82) is 0 Å². The van der Waals surface area contributed by atoms with E-state index in [1.165, 1.54) is 43.5 Å². The van der Waals surface area contributed by atoms with E-state index in [0.29, 0.717) is 0 Å². The van der Waals surface area contributed by atoms with Crippen molar-refractivity contribution in [3.63, 3.8) is 0 Å². The molecule has 1 aliphatic heterocycles.